The van der Waals surface area contributed by atoms with Gasteiger partial charge in [-0.25, -0.2) is 0 Å². The number of halogens is 4. The molecule has 0 saturated heterocycles. The topological polar surface area (TPSA) is 97.3 Å². The number of alkyl halides is 3. The summed E-state index contributed by atoms with van der Waals surface area (Å²) in [6, 6.07) is 14.6. The summed E-state index contributed by atoms with van der Waals surface area (Å²) in [5, 5.41) is 12.7. The number of hydrogen-bond donors (Lipinski definition) is 2. The van der Waals surface area contributed by atoms with E-state index in [4.69, 9.17) is 26.2 Å². The number of fused-ring (bicyclic) bond motifs is 1. The van der Waals surface area contributed by atoms with Gasteiger partial charge in [-0.15, -0.1) is 13.2 Å². The third kappa shape index (κ3) is 9.44. The standard InChI is InChI=1S/C29H28ClF3N2O6.C2H6/c1-17(11-26(36)37)16-40-24-13-21(12-23(14-24)39-2)34-27(19-3-6-20(30)7-4-19)28(38)35-10-9-18-5-8-22(15-25(18)35)41-29(31,32)33;1-2/h3-8,12-15,17,27,34H,9-11,16H2,1-2H3,(H,36,37);1-2H3. The molecule has 0 aliphatic carbocycles. The molecule has 0 radical (unpaired) electrons. The second-order valence-corrected chi connectivity index (χ2v) is 10.1. The summed E-state index contributed by atoms with van der Waals surface area (Å²) >= 11 is 6.08. The molecule has 3 aromatic carbocycles. The van der Waals surface area contributed by atoms with E-state index in [1.165, 1.54) is 30.2 Å². The molecule has 0 spiro atoms. The number of nitrogens with one attached hydrogen (secondary N) is 1. The van der Waals surface area contributed by atoms with Gasteiger partial charge in [0.15, 0.2) is 0 Å². The van der Waals surface area contributed by atoms with Crippen LogP contribution in [0.3, 0.4) is 0 Å². The lowest BCUT2D eigenvalue weighted by Crippen LogP contribution is -2.37. The molecule has 1 aliphatic heterocycles. The fourth-order valence-corrected chi connectivity index (χ4v) is 4.63. The van der Waals surface area contributed by atoms with Gasteiger partial charge < -0.3 is 29.5 Å². The van der Waals surface area contributed by atoms with Gasteiger partial charge in [0, 0.05) is 47.4 Å². The van der Waals surface area contributed by atoms with Crippen LogP contribution in [0.25, 0.3) is 0 Å². The Morgan fingerprint density at radius 2 is 1.70 bits per heavy atom. The van der Waals surface area contributed by atoms with E-state index in [-0.39, 0.29) is 25.5 Å². The molecule has 0 saturated carbocycles. The fourth-order valence-electron chi connectivity index (χ4n) is 4.50. The molecule has 0 aromatic heterocycles. The Labute approximate surface area is 253 Å². The summed E-state index contributed by atoms with van der Waals surface area (Å²) in [5.41, 5.74) is 2.08. The molecule has 0 bridgehead atoms. The number of carboxylic acid groups (broad SMARTS) is 1. The smallest absolute Gasteiger partial charge is 0.497 e. The Balaban J connectivity index is 0.00000248. The summed E-state index contributed by atoms with van der Waals surface area (Å²) in [5.74, 6) is -1.18. The van der Waals surface area contributed by atoms with Gasteiger partial charge in [-0.05, 0) is 35.7 Å². The number of rotatable bonds is 11. The maximum absolute atomic E-state index is 14.0. The number of benzene rings is 3. The van der Waals surface area contributed by atoms with Crippen molar-refractivity contribution in [1.29, 1.82) is 0 Å². The number of aliphatic carboxylic acids is 1. The molecule has 3 aromatic rings. The quantitative estimate of drug-likeness (QED) is 0.228. The molecule has 12 heteroatoms. The lowest BCUT2D eigenvalue weighted by atomic mass is 10.0. The number of methoxy groups -OCH3 is 1. The predicted octanol–water partition coefficient (Wildman–Crippen LogP) is 7.51. The molecule has 2 atom stereocenters. The first-order valence-electron chi connectivity index (χ1n) is 13.7. The highest BCUT2D eigenvalue weighted by Gasteiger charge is 2.34. The van der Waals surface area contributed by atoms with Gasteiger partial charge >= 0.3 is 12.3 Å². The Hall–Kier alpha value is -4.12. The zero-order valence-electron chi connectivity index (χ0n) is 24.2. The van der Waals surface area contributed by atoms with Gasteiger partial charge in [0.2, 0.25) is 0 Å². The third-order valence-electron chi connectivity index (χ3n) is 6.39. The highest BCUT2D eigenvalue weighted by Crippen LogP contribution is 2.37. The van der Waals surface area contributed by atoms with Crippen molar-refractivity contribution in [2.24, 2.45) is 5.92 Å². The van der Waals surface area contributed by atoms with Gasteiger partial charge in [-0.1, -0.05) is 50.6 Å². The largest absolute Gasteiger partial charge is 0.573 e. The van der Waals surface area contributed by atoms with Crippen LogP contribution in [0.4, 0.5) is 24.5 Å². The van der Waals surface area contributed by atoms with Crippen LogP contribution < -0.4 is 24.4 Å². The van der Waals surface area contributed by atoms with Crippen LogP contribution >= 0.6 is 11.6 Å². The molecule has 2 N–H and O–H groups in total. The number of amides is 1. The molecule has 43 heavy (non-hydrogen) atoms. The zero-order chi connectivity index (χ0) is 31.7. The number of nitrogens with zero attached hydrogens (tertiary/aromatic N) is 1. The first-order chi connectivity index (χ1) is 20.4. The molecular weight excluding hydrogens is 589 g/mol. The monoisotopic (exact) mass is 622 g/mol. The second kappa shape index (κ2) is 14.9. The molecule has 0 fully saturated rings. The molecule has 4 rings (SSSR count). The number of ether oxygens (including phenoxy) is 3. The maximum atomic E-state index is 14.0. The first-order valence-corrected chi connectivity index (χ1v) is 14.1. The van der Waals surface area contributed by atoms with Crippen LogP contribution in [0.15, 0.2) is 60.7 Å². The Kier molecular flexibility index (Phi) is 11.5. The van der Waals surface area contributed by atoms with E-state index in [0.717, 1.165) is 5.56 Å². The number of anilines is 2. The van der Waals surface area contributed by atoms with E-state index in [1.54, 1.807) is 49.4 Å². The minimum absolute atomic E-state index is 0.0603. The molecule has 232 valence electrons. The van der Waals surface area contributed by atoms with Crippen LogP contribution in [-0.4, -0.2) is 43.6 Å². The minimum Gasteiger partial charge on any atom is -0.497 e. The van der Waals surface area contributed by atoms with Crippen LogP contribution in [0.5, 0.6) is 17.2 Å². The summed E-state index contributed by atoms with van der Waals surface area (Å²) in [6.45, 7) is 6.16. The van der Waals surface area contributed by atoms with E-state index in [1.807, 2.05) is 13.8 Å². The minimum atomic E-state index is -4.87. The van der Waals surface area contributed by atoms with Gasteiger partial charge in [0.05, 0.1) is 25.8 Å². The summed E-state index contributed by atoms with van der Waals surface area (Å²) in [4.78, 5) is 26.4. The summed E-state index contributed by atoms with van der Waals surface area (Å²) in [7, 11) is 1.47. The Morgan fingerprint density at radius 3 is 2.33 bits per heavy atom. The molecular formula is C31H34ClF3N2O6. The van der Waals surface area contributed by atoms with E-state index >= 15 is 0 Å². The van der Waals surface area contributed by atoms with Crippen molar-refractivity contribution < 1.29 is 42.1 Å². The molecule has 2 unspecified atom stereocenters. The van der Waals surface area contributed by atoms with Crippen LogP contribution in [0, 0.1) is 5.92 Å². The van der Waals surface area contributed by atoms with Crippen molar-refractivity contribution in [3.8, 4) is 17.2 Å². The van der Waals surface area contributed by atoms with Gasteiger partial charge in [0.25, 0.3) is 5.91 Å². The highest BCUT2D eigenvalue weighted by molar-refractivity contribution is 6.30. The number of carbonyl (C=O) groups excluding carboxylic acids is 1. The summed E-state index contributed by atoms with van der Waals surface area (Å²) in [6.07, 6.45) is -4.46. The van der Waals surface area contributed by atoms with E-state index in [2.05, 4.69) is 10.1 Å². The number of carbonyl (C=O) groups is 2. The van der Waals surface area contributed by atoms with Gasteiger partial charge in [-0.2, -0.15) is 0 Å². The van der Waals surface area contributed by atoms with Crippen molar-refractivity contribution >= 4 is 34.9 Å². The Morgan fingerprint density at radius 1 is 1.02 bits per heavy atom. The average molecular weight is 623 g/mol. The third-order valence-corrected chi connectivity index (χ3v) is 6.64. The van der Waals surface area contributed by atoms with Crippen LogP contribution in [0.1, 0.15) is 44.4 Å². The van der Waals surface area contributed by atoms with Crippen molar-refractivity contribution in [2.75, 3.05) is 30.5 Å². The normalized spacial score (nSPS) is 13.6. The molecule has 1 aliphatic rings. The SMILES string of the molecule is CC.COc1cc(NC(C(=O)N2CCc3ccc(OC(F)(F)F)cc32)c2ccc(Cl)cc2)cc(OCC(C)CC(=O)O)c1. The highest BCUT2D eigenvalue weighted by atomic mass is 35.5. The number of hydrogen-bond acceptors (Lipinski definition) is 6. The Bertz CT molecular complexity index is 1400. The van der Waals surface area contributed by atoms with Crippen molar-refractivity contribution in [3.05, 3.63) is 76.8 Å². The molecule has 1 amide bonds. The van der Waals surface area contributed by atoms with Crippen molar-refractivity contribution in [3.63, 3.8) is 0 Å². The van der Waals surface area contributed by atoms with Gasteiger partial charge in [0.1, 0.15) is 23.3 Å². The van der Waals surface area contributed by atoms with E-state index in [9.17, 15) is 22.8 Å². The number of carboxylic acids is 1. The second-order valence-electron chi connectivity index (χ2n) is 9.62. The van der Waals surface area contributed by atoms with Gasteiger partial charge in [-0.3, -0.25) is 9.59 Å². The van der Waals surface area contributed by atoms with Crippen molar-refractivity contribution in [1.82, 2.24) is 0 Å². The van der Waals surface area contributed by atoms with E-state index in [0.29, 0.717) is 39.9 Å². The van der Waals surface area contributed by atoms with E-state index < -0.39 is 30.0 Å². The first kappa shape index (κ1) is 33.4. The van der Waals surface area contributed by atoms with Crippen molar-refractivity contribution in [2.45, 2.75) is 46.0 Å². The molecule has 8 nitrogen and oxygen atoms in total. The van der Waals surface area contributed by atoms with Crippen LogP contribution in [0.2, 0.25) is 5.02 Å². The maximum Gasteiger partial charge on any atom is 0.573 e. The lowest BCUT2D eigenvalue weighted by molar-refractivity contribution is -0.274. The predicted molar refractivity (Wildman–Crippen MR) is 158 cm³/mol. The molecule has 1 heterocycles. The fraction of sp³-hybridized carbons (Fsp3) is 0.355. The average Bonchev–Trinajstić information content (AvgIpc) is 3.38. The lowest BCUT2D eigenvalue weighted by Gasteiger charge is -2.27. The summed E-state index contributed by atoms with van der Waals surface area (Å²) < 4.78 is 53.8. The zero-order valence-corrected chi connectivity index (χ0v) is 25.0. The van der Waals surface area contributed by atoms with Crippen LogP contribution in [-0.2, 0) is 16.0 Å².